The van der Waals surface area contributed by atoms with E-state index in [-0.39, 0.29) is 18.5 Å². The highest BCUT2D eigenvalue weighted by atomic mass is 35.5. The van der Waals surface area contributed by atoms with E-state index in [9.17, 15) is 13.2 Å². The van der Waals surface area contributed by atoms with Crippen LogP contribution in [0.1, 0.15) is 25.7 Å². The van der Waals surface area contributed by atoms with Crippen LogP contribution in [0.4, 0.5) is 5.69 Å². The van der Waals surface area contributed by atoms with Gasteiger partial charge >= 0.3 is 0 Å². The molecule has 9 heteroatoms. The molecule has 0 aliphatic carbocycles. The van der Waals surface area contributed by atoms with E-state index in [2.05, 4.69) is 14.9 Å². The molecule has 1 aliphatic heterocycles. The molecule has 1 fully saturated rings. The van der Waals surface area contributed by atoms with Crippen LogP contribution in [0.2, 0.25) is 10.0 Å². The number of halogens is 2. The van der Waals surface area contributed by atoms with Crippen molar-refractivity contribution >= 4 is 44.8 Å². The lowest BCUT2D eigenvalue weighted by molar-refractivity contribution is -0.118. The lowest BCUT2D eigenvalue weighted by atomic mass is 9.99. The molecule has 25 heavy (non-hydrogen) atoms. The van der Waals surface area contributed by atoms with Crippen molar-refractivity contribution in [1.82, 2.24) is 9.62 Å². The first-order valence-corrected chi connectivity index (χ1v) is 10.8. The molecule has 2 rings (SSSR count). The Hall–Kier alpha value is -0.860. The van der Waals surface area contributed by atoms with E-state index < -0.39 is 10.0 Å². The van der Waals surface area contributed by atoms with Crippen molar-refractivity contribution in [3.8, 4) is 0 Å². The third kappa shape index (κ3) is 7.11. The number of rotatable bonds is 7. The molecule has 0 bridgehead atoms. The molecule has 1 amide bonds. The summed E-state index contributed by atoms with van der Waals surface area (Å²) in [5, 5.41) is 3.71. The van der Waals surface area contributed by atoms with Crippen LogP contribution >= 0.6 is 23.2 Å². The number of sulfonamides is 1. The number of likely N-dealkylation sites (tertiary alicyclic amines) is 1. The number of amides is 1. The summed E-state index contributed by atoms with van der Waals surface area (Å²) in [4.78, 5) is 14.4. The number of piperidine rings is 1. The van der Waals surface area contributed by atoms with Crippen LogP contribution in [0.25, 0.3) is 0 Å². The third-order valence-corrected chi connectivity index (χ3v) is 5.42. The topological polar surface area (TPSA) is 78.5 Å². The first-order chi connectivity index (χ1) is 11.7. The average molecular weight is 408 g/mol. The second kappa shape index (κ2) is 9.19. The smallest absolute Gasteiger partial charge is 0.238 e. The standard InChI is InChI=1S/C16H23Cl2N3O3S/c1-25(23,24)19-8-7-13-4-2-3-9-21(13)11-16(22)20-15-6-5-12(17)10-14(15)18/h5-6,10,13,19H,2-4,7-9,11H2,1H3,(H,20,22). The van der Waals surface area contributed by atoms with Crippen molar-refractivity contribution in [2.75, 3.05) is 31.2 Å². The maximum atomic E-state index is 12.3. The van der Waals surface area contributed by atoms with Crippen LogP contribution in [0.3, 0.4) is 0 Å². The summed E-state index contributed by atoms with van der Waals surface area (Å²) in [7, 11) is -3.19. The summed E-state index contributed by atoms with van der Waals surface area (Å²) < 4.78 is 24.9. The zero-order valence-electron chi connectivity index (χ0n) is 14.1. The molecule has 0 radical (unpaired) electrons. The Morgan fingerprint density at radius 1 is 1.32 bits per heavy atom. The summed E-state index contributed by atoms with van der Waals surface area (Å²) in [5.74, 6) is -0.146. The Labute approximate surface area is 158 Å². The van der Waals surface area contributed by atoms with Gasteiger partial charge in [0.25, 0.3) is 0 Å². The second-order valence-electron chi connectivity index (χ2n) is 6.25. The minimum absolute atomic E-state index is 0.146. The Balaban J connectivity index is 1.90. The monoisotopic (exact) mass is 407 g/mol. The van der Waals surface area contributed by atoms with E-state index in [0.717, 1.165) is 32.1 Å². The second-order valence-corrected chi connectivity index (χ2v) is 8.92. The Kier molecular flexibility index (Phi) is 7.51. The van der Waals surface area contributed by atoms with E-state index in [1.807, 2.05) is 0 Å². The Morgan fingerprint density at radius 3 is 2.76 bits per heavy atom. The molecule has 1 aromatic carbocycles. The van der Waals surface area contributed by atoms with Gasteiger partial charge in [-0.25, -0.2) is 13.1 Å². The minimum Gasteiger partial charge on any atom is -0.324 e. The van der Waals surface area contributed by atoms with Gasteiger partial charge in [-0.15, -0.1) is 0 Å². The lowest BCUT2D eigenvalue weighted by Gasteiger charge is -2.35. The fourth-order valence-electron chi connectivity index (χ4n) is 2.97. The molecular weight excluding hydrogens is 385 g/mol. The normalized spacial score (nSPS) is 18.9. The van der Waals surface area contributed by atoms with Gasteiger partial charge in [-0.3, -0.25) is 9.69 Å². The predicted octanol–water partition coefficient (Wildman–Crippen LogP) is 2.73. The summed E-state index contributed by atoms with van der Waals surface area (Å²) in [6.07, 6.45) is 4.91. The van der Waals surface area contributed by atoms with Gasteiger partial charge in [0.2, 0.25) is 15.9 Å². The number of hydrogen-bond donors (Lipinski definition) is 2. The first kappa shape index (κ1) is 20.5. The van der Waals surface area contributed by atoms with Crippen molar-refractivity contribution in [3.05, 3.63) is 28.2 Å². The lowest BCUT2D eigenvalue weighted by Crippen LogP contribution is -2.45. The minimum atomic E-state index is -3.19. The van der Waals surface area contributed by atoms with Crippen LogP contribution in [-0.4, -0.2) is 51.2 Å². The number of carbonyl (C=O) groups excluding carboxylic acids is 1. The van der Waals surface area contributed by atoms with Gasteiger partial charge in [0.15, 0.2) is 0 Å². The Morgan fingerprint density at radius 2 is 2.08 bits per heavy atom. The molecule has 1 atom stereocenters. The van der Waals surface area contributed by atoms with Crippen LogP contribution in [0.15, 0.2) is 18.2 Å². The zero-order valence-corrected chi connectivity index (χ0v) is 16.4. The Bertz CT molecular complexity index is 713. The summed E-state index contributed by atoms with van der Waals surface area (Å²) in [5.41, 5.74) is 0.531. The van der Waals surface area contributed by atoms with E-state index in [1.54, 1.807) is 18.2 Å². The molecule has 1 unspecified atom stereocenters. The number of hydrogen-bond acceptors (Lipinski definition) is 4. The molecule has 0 aromatic heterocycles. The van der Waals surface area contributed by atoms with Gasteiger partial charge in [0.05, 0.1) is 23.5 Å². The van der Waals surface area contributed by atoms with Crippen molar-refractivity contribution in [1.29, 1.82) is 0 Å². The molecule has 6 nitrogen and oxygen atoms in total. The number of carbonyl (C=O) groups is 1. The third-order valence-electron chi connectivity index (χ3n) is 4.14. The van der Waals surface area contributed by atoms with Gasteiger partial charge in [0, 0.05) is 17.6 Å². The summed E-state index contributed by atoms with van der Waals surface area (Å²) >= 11 is 11.9. The average Bonchev–Trinajstić information content (AvgIpc) is 2.50. The number of nitrogens with one attached hydrogen (secondary N) is 2. The van der Waals surface area contributed by atoms with Crippen molar-refractivity contribution in [2.24, 2.45) is 0 Å². The van der Waals surface area contributed by atoms with Gasteiger partial charge in [-0.2, -0.15) is 0 Å². The van der Waals surface area contributed by atoms with Crippen LogP contribution in [0, 0.1) is 0 Å². The largest absolute Gasteiger partial charge is 0.324 e. The fraction of sp³-hybridized carbons (Fsp3) is 0.562. The molecule has 0 spiro atoms. The summed E-state index contributed by atoms with van der Waals surface area (Å²) in [6.45, 7) is 1.46. The van der Waals surface area contributed by atoms with Gasteiger partial charge < -0.3 is 5.32 Å². The fourth-order valence-corrected chi connectivity index (χ4v) is 3.92. The molecule has 140 valence electrons. The van der Waals surface area contributed by atoms with Crippen molar-refractivity contribution in [3.63, 3.8) is 0 Å². The molecule has 0 saturated carbocycles. The molecular formula is C16H23Cl2N3O3S. The van der Waals surface area contributed by atoms with Gasteiger partial charge in [-0.05, 0) is 44.0 Å². The summed E-state index contributed by atoms with van der Waals surface area (Å²) in [6, 6.07) is 5.12. The molecule has 1 aromatic rings. The van der Waals surface area contributed by atoms with E-state index in [0.29, 0.717) is 28.7 Å². The van der Waals surface area contributed by atoms with Crippen LogP contribution in [0.5, 0.6) is 0 Å². The highest BCUT2D eigenvalue weighted by molar-refractivity contribution is 7.88. The maximum Gasteiger partial charge on any atom is 0.238 e. The van der Waals surface area contributed by atoms with Crippen molar-refractivity contribution < 1.29 is 13.2 Å². The van der Waals surface area contributed by atoms with Crippen molar-refractivity contribution in [2.45, 2.75) is 31.7 Å². The quantitative estimate of drug-likeness (QED) is 0.727. The first-order valence-electron chi connectivity index (χ1n) is 8.18. The van der Waals surface area contributed by atoms with Crippen LogP contribution in [-0.2, 0) is 14.8 Å². The number of nitrogens with zero attached hydrogens (tertiary/aromatic N) is 1. The zero-order chi connectivity index (χ0) is 18.4. The SMILES string of the molecule is CS(=O)(=O)NCCC1CCCCN1CC(=O)Nc1ccc(Cl)cc1Cl. The highest BCUT2D eigenvalue weighted by Crippen LogP contribution is 2.25. The molecule has 1 heterocycles. The maximum absolute atomic E-state index is 12.3. The number of anilines is 1. The predicted molar refractivity (Wildman–Crippen MR) is 102 cm³/mol. The van der Waals surface area contributed by atoms with E-state index in [1.165, 1.54) is 0 Å². The van der Waals surface area contributed by atoms with Gasteiger partial charge in [-0.1, -0.05) is 29.6 Å². The molecule has 2 N–H and O–H groups in total. The van der Waals surface area contributed by atoms with E-state index >= 15 is 0 Å². The highest BCUT2D eigenvalue weighted by Gasteiger charge is 2.24. The van der Waals surface area contributed by atoms with Gasteiger partial charge in [0.1, 0.15) is 0 Å². The van der Waals surface area contributed by atoms with Crippen LogP contribution < -0.4 is 10.0 Å². The molecule has 1 saturated heterocycles. The van der Waals surface area contributed by atoms with E-state index in [4.69, 9.17) is 23.2 Å². The molecule has 1 aliphatic rings. The number of benzene rings is 1.